The van der Waals surface area contributed by atoms with Gasteiger partial charge in [-0.25, -0.2) is 4.79 Å². The monoisotopic (exact) mass is 270 g/mol. The van der Waals surface area contributed by atoms with E-state index in [1.807, 2.05) is 16.8 Å². The number of thiophene rings is 1. The van der Waals surface area contributed by atoms with Crippen LogP contribution in [-0.4, -0.2) is 16.1 Å². The molecule has 0 unspecified atom stereocenters. The molecule has 0 radical (unpaired) electrons. The lowest BCUT2D eigenvalue weighted by Crippen LogP contribution is -2.06. The summed E-state index contributed by atoms with van der Waals surface area (Å²) >= 11 is 1.61. The molecule has 0 saturated carbocycles. The normalized spacial score (nSPS) is 9.41. The number of carboxylic acid groups (broad SMARTS) is 1. The van der Waals surface area contributed by atoms with Crippen molar-refractivity contribution < 1.29 is 9.90 Å². The second kappa shape index (κ2) is 6.22. The largest absolute Gasteiger partial charge is 0.478 e. The number of aromatic nitrogens is 1. The van der Waals surface area contributed by atoms with E-state index >= 15 is 0 Å². The Labute approximate surface area is 109 Å². The first-order valence-electron chi connectivity index (χ1n) is 4.69. The summed E-state index contributed by atoms with van der Waals surface area (Å²) in [5, 5.41) is 16.0. The van der Waals surface area contributed by atoms with Crippen LogP contribution in [0.15, 0.2) is 35.3 Å². The van der Waals surface area contributed by atoms with Crippen LogP contribution in [0.4, 0.5) is 5.69 Å². The molecule has 0 aromatic carbocycles. The molecule has 2 rings (SSSR count). The molecule has 2 aromatic rings. The summed E-state index contributed by atoms with van der Waals surface area (Å²) in [4.78, 5) is 14.8. The van der Waals surface area contributed by atoms with Crippen molar-refractivity contribution in [3.05, 3.63) is 46.4 Å². The Balaban J connectivity index is 0.00000144. The summed E-state index contributed by atoms with van der Waals surface area (Å²) in [6.45, 7) is 0.607. The number of nitrogens with one attached hydrogen (secondary N) is 1. The summed E-state index contributed by atoms with van der Waals surface area (Å²) in [5.41, 5.74) is 1.91. The first-order valence-corrected chi connectivity index (χ1v) is 5.64. The third-order valence-corrected chi connectivity index (χ3v) is 2.85. The summed E-state index contributed by atoms with van der Waals surface area (Å²) in [6, 6.07) is 3.48. The minimum absolute atomic E-state index is 0. The van der Waals surface area contributed by atoms with Gasteiger partial charge in [0.15, 0.2) is 0 Å². The first kappa shape index (κ1) is 13.5. The van der Waals surface area contributed by atoms with Crippen molar-refractivity contribution >= 4 is 35.4 Å². The molecule has 17 heavy (non-hydrogen) atoms. The molecule has 2 heterocycles. The standard InChI is InChI=1S/C11H10N2O2S.ClH/c14-11(15)9-1-3-12-6-10(9)13-5-8-2-4-16-7-8;/h1-4,6-7,13H,5H2,(H,14,15);1H. The fraction of sp³-hybridized carbons (Fsp3) is 0.0909. The van der Waals surface area contributed by atoms with Gasteiger partial charge in [-0.3, -0.25) is 4.98 Å². The highest BCUT2D eigenvalue weighted by Crippen LogP contribution is 2.15. The molecule has 6 heteroatoms. The van der Waals surface area contributed by atoms with E-state index in [2.05, 4.69) is 10.3 Å². The van der Waals surface area contributed by atoms with Gasteiger partial charge in [0.1, 0.15) is 0 Å². The van der Waals surface area contributed by atoms with E-state index in [-0.39, 0.29) is 18.0 Å². The van der Waals surface area contributed by atoms with Gasteiger partial charge in [-0.1, -0.05) is 0 Å². The van der Waals surface area contributed by atoms with Crippen LogP contribution in [0.5, 0.6) is 0 Å². The van der Waals surface area contributed by atoms with E-state index in [0.29, 0.717) is 12.2 Å². The van der Waals surface area contributed by atoms with Crippen molar-refractivity contribution in [1.29, 1.82) is 0 Å². The van der Waals surface area contributed by atoms with Crippen molar-refractivity contribution in [2.45, 2.75) is 6.54 Å². The summed E-state index contributed by atoms with van der Waals surface area (Å²) in [7, 11) is 0. The predicted molar refractivity (Wildman–Crippen MR) is 70.1 cm³/mol. The Kier molecular flexibility index (Phi) is 4.93. The molecule has 0 atom stereocenters. The van der Waals surface area contributed by atoms with Crippen LogP contribution in [0.2, 0.25) is 0 Å². The van der Waals surface area contributed by atoms with E-state index in [1.54, 1.807) is 11.3 Å². The molecule has 4 nitrogen and oxygen atoms in total. The number of carboxylic acids is 1. The molecule has 0 amide bonds. The van der Waals surface area contributed by atoms with Crippen LogP contribution < -0.4 is 5.32 Å². The van der Waals surface area contributed by atoms with E-state index in [9.17, 15) is 4.79 Å². The number of anilines is 1. The van der Waals surface area contributed by atoms with Crippen molar-refractivity contribution in [2.75, 3.05) is 5.32 Å². The zero-order valence-corrected chi connectivity index (χ0v) is 10.4. The van der Waals surface area contributed by atoms with Crippen molar-refractivity contribution in [1.82, 2.24) is 4.98 Å². The van der Waals surface area contributed by atoms with Gasteiger partial charge < -0.3 is 10.4 Å². The maximum atomic E-state index is 10.9. The Bertz CT molecular complexity index is 488. The molecule has 0 bridgehead atoms. The molecule has 0 fully saturated rings. The third kappa shape index (κ3) is 3.44. The second-order valence-electron chi connectivity index (χ2n) is 3.21. The van der Waals surface area contributed by atoms with Crippen LogP contribution in [0.25, 0.3) is 0 Å². The van der Waals surface area contributed by atoms with Crippen LogP contribution in [0.1, 0.15) is 15.9 Å². The van der Waals surface area contributed by atoms with E-state index in [0.717, 1.165) is 5.56 Å². The highest BCUT2D eigenvalue weighted by Gasteiger charge is 2.08. The number of hydrogen-bond acceptors (Lipinski definition) is 4. The average Bonchev–Trinajstić information content (AvgIpc) is 2.79. The predicted octanol–water partition coefficient (Wildman–Crippen LogP) is 2.88. The summed E-state index contributed by atoms with van der Waals surface area (Å²) < 4.78 is 0. The zero-order valence-electron chi connectivity index (χ0n) is 8.79. The first-order chi connectivity index (χ1) is 7.77. The highest BCUT2D eigenvalue weighted by atomic mass is 35.5. The summed E-state index contributed by atoms with van der Waals surface area (Å²) in [5.74, 6) is -0.949. The second-order valence-corrected chi connectivity index (χ2v) is 3.99. The van der Waals surface area contributed by atoms with Gasteiger partial charge in [-0.2, -0.15) is 11.3 Å². The van der Waals surface area contributed by atoms with Gasteiger partial charge in [-0.15, -0.1) is 12.4 Å². The quantitative estimate of drug-likeness (QED) is 0.897. The van der Waals surface area contributed by atoms with Gasteiger partial charge in [0.25, 0.3) is 0 Å². The van der Waals surface area contributed by atoms with Gasteiger partial charge in [-0.05, 0) is 28.5 Å². The minimum atomic E-state index is -0.949. The maximum absolute atomic E-state index is 10.9. The SMILES string of the molecule is Cl.O=C(O)c1ccncc1NCc1ccsc1. The van der Waals surface area contributed by atoms with Crippen LogP contribution >= 0.6 is 23.7 Å². The fourth-order valence-corrected chi connectivity index (χ4v) is 1.98. The lowest BCUT2D eigenvalue weighted by atomic mass is 10.2. The molecule has 0 spiro atoms. The lowest BCUT2D eigenvalue weighted by Gasteiger charge is -2.07. The Morgan fingerprint density at radius 2 is 2.29 bits per heavy atom. The Morgan fingerprint density at radius 1 is 1.47 bits per heavy atom. The molecule has 0 saturated heterocycles. The van der Waals surface area contributed by atoms with E-state index in [1.165, 1.54) is 18.5 Å². The van der Waals surface area contributed by atoms with Crippen molar-refractivity contribution in [3.63, 3.8) is 0 Å². The fourth-order valence-electron chi connectivity index (χ4n) is 1.31. The number of halogens is 1. The topological polar surface area (TPSA) is 62.2 Å². The Morgan fingerprint density at radius 3 is 2.94 bits per heavy atom. The zero-order chi connectivity index (χ0) is 11.4. The molecular formula is C11H11ClN2O2S. The number of carbonyl (C=O) groups is 1. The molecule has 2 aromatic heterocycles. The summed E-state index contributed by atoms with van der Waals surface area (Å²) in [6.07, 6.45) is 3.00. The van der Waals surface area contributed by atoms with E-state index < -0.39 is 5.97 Å². The van der Waals surface area contributed by atoms with Crippen molar-refractivity contribution in [3.8, 4) is 0 Å². The molecule has 0 aliphatic rings. The maximum Gasteiger partial charge on any atom is 0.337 e. The molecule has 2 N–H and O–H groups in total. The van der Waals surface area contributed by atoms with Crippen LogP contribution in [-0.2, 0) is 6.54 Å². The average molecular weight is 271 g/mol. The number of rotatable bonds is 4. The Hall–Kier alpha value is -1.59. The third-order valence-electron chi connectivity index (χ3n) is 2.11. The van der Waals surface area contributed by atoms with Gasteiger partial charge in [0, 0.05) is 12.7 Å². The lowest BCUT2D eigenvalue weighted by molar-refractivity contribution is 0.0698. The minimum Gasteiger partial charge on any atom is -0.478 e. The molecular weight excluding hydrogens is 260 g/mol. The van der Waals surface area contributed by atoms with Gasteiger partial charge >= 0.3 is 5.97 Å². The van der Waals surface area contributed by atoms with Gasteiger partial charge in [0.05, 0.1) is 17.4 Å². The van der Waals surface area contributed by atoms with Crippen LogP contribution in [0, 0.1) is 0 Å². The molecule has 90 valence electrons. The number of pyridine rings is 1. The smallest absolute Gasteiger partial charge is 0.337 e. The molecule has 0 aliphatic heterocycles. The number of aromatic carboxylic acids is 1. The van der Waals surface area contributed by atoms with Crippen LogP contribution in [0.3, 0.4) is 0 Å². The number of nitrogens with zero attached hydrogens (tertiary/aromatic N) is 1. The highest BCUT2D eigenvalue weighted by molar-refractivity contribution is 7.07. The van der Waals surface area contributed by atoms with E-state index in [4.69, 9.17) is 5.11 Å². The number of hydrogen-bond donors (Lipinski definition) is 2. The van der Waals surface area contributed by atoms with Crippen molar-refractivity contribution in [2.24, 2.45) is 0 Å². The molecule has 0 aliphatic carbocycles. The van der Waals surface area contributed by atoms with Gasteiger partial charge in [0.2, 0.25) is 0 Å².